The van der Waals surface area contributed by atoms with Crippen molar-refractivity contribution in [1.82, 2.24) is 4.98 Å². The molecule has 1 aromatic heterocycles. The van der Waals surface area contributed by atoms with Crippen LogP contribution in [-0.4, -0.2) is 11.5 Å². The summed E-state index contributed by atoms with van der Waals surface area (Å²) >= 11 is 3.39. The lowest BCUT2D eigenvalue weighted by Gasteiger charge is -2.09. The van der Waals surface area contributed by atoms with Crippen LogP contribution in [0.3, 0.4) is 0 Å². The highest BCUT2D eigenvalue weighted by Crippen LogP contribution is 2.16. The molecule has 0 aliphatic carbocycles. The van der Waals surface area contributed by atoms with Crippen LogP contribution in [0.15, 0.2) is 16.7 Å². The molecule has 2 nitrogen and oxygen atoms in total. The second-order valence-electron chi connectivity index (χ2n) is 5.17. The molecule has 0 bridgehead atoms. The van der Waals surface area contributed by atoms with Gasteiger partial charge in [-0.1, -0.05) is 51.9 Å². The molecule has 0 spiro atoms. The van der Waals surface area contributed by atoms with Crippen molar-refractivity contribution in [3.8, 4) is 0 Å². The summed E-state index contributed by atoms with van der Waals surface area (Å²) in [6.07, 6.45) is 10.9. The number of hydrogen-bond acceptors (Lipinski definition) is 2. The molecule has 19 heavy (non-hydrogen) atoms. The van der Waals surface area contributed by atoms with Crippen LogP contribution in [0, 0.1) is 6.92 Å². The van der Waals surface area contributed by atoms with Gasteiger partial charge in [-0.3, -0.25) is 0 Å². The van der Waals surface area contributed by atoms with Crippen molar-refractivity contribution < 1.29 is 0 Å². The quantitative estimate of drug-likeness (QED) is 0.440. The molecule has 108 valence electrons. The average molecular weight is 327 g/mol. The molecule has 0 fully saturated rings. The third-order valence-electron chi connectivity index (χ3n) is 3.40. The molecule has 0 aliphatic heterocycles. The Bertz CT molecular complexity index is 353. The Morgan fingerprint density at radius 3 is 2.26 bits per heavy atom. The Balaban J connectivity index is 2.01. The fraction of sp³-hybridized carbons (Fsp3) is 0.688. The average Bonchev–Trinajstić information content (AvgIpc) is 2.39. The van der Waals surface area contributed by atoms with Gasteiger partial charge in [0.15, 0.2) is 0 Å². The molecule has 1 aromatic rings. The minimum atomic E-state index is 0.905. The highest BCUT2D eigenvalue weighted by molar-refractivity contribution is 9.10. The Morgan fingerprint density at radius 2 is 1.63 bits per heavy atom. The molecule has 0 saturated carbocycles. The van der Waals surface area contributed by atoms with Crippen molar-refractivity contribution in [2.75, 3.05) is 11.9 Å². The van der Waals surface area contributed by atoms with Gasteiger partial charge in [0.1, 0.15) is 4.60 Å². The summed E-state index contributed by atoms with van der Waals surface area (Å²) in [5.41, 5.74) is 2.22. The number of hydrogen-bond donors (Lipinski definition) is 1. The van der Waals surface area contributed by atoms with E-state index in [0.29, 0.717) is 0 Å². The molecule has 1 N–H and O–H groups in total. The summed E-state index contributed by atoms with van der Waals surface area (Å²) in [5, 5.41) is 3.47. The number of anilines is 1. The van der Waals surface area contributed by atoms with E-state index in [9.17, 15) is 0 Å². The van der Waals surface area contributed by atoms with E-state index in [1.165, 1.54) is 51.4 Å². The van der Waals surface area contributed by atoms with Crippen molar-refractivity contribution in [1.29, 1.82) is 0 Å². The molecule has 0 atom stereocenters. The first-order valence-corrected chi connectivity index (χ1v) is 8.40. The van der Waals surface area contributed by atoms with Crippen LogP contribution in [0.4, 0.5) is 5.69 Å². The van der Waals surface area contributed by atoms with Gasteiger partial charge < -0.3 is 5.32 Å². The largest absolute Gasteiger partial charge is 0.384 e. The first kappa shape index (κ1) is 16.5. The van der Waals surface area contributed by atoms with E-state index in [1.807, 2.05) is 13.0 Å². The van der Waals surface area contributed by atoms with Gasteiger partial charge in [-0.2, -0.15) is 0 Å². The molecule has 0 unspecified atom stereocenters. The molecular weight excluding hydrogens is 300 g/mol. The number of unbranched alkanes of at least 4 members (excludes halogenated alkanes) is 7. The van der Waals surface area contributed by atoms with Gasteiger partial charge >= 0.3 is 0 Å². The zero-order valence-corrected chi connectivity index (χ0v) is 13.9. The van der Waals surface area contributed by atoms with Gasteiger partial charge in [0.2, 0.25) is 0 Å². The van der Waals surface area contributed by atoms with Gasteiger partial charge in [-0.25, -0.2) is 4.98 Å². The van der Waals surface area contributed by atoms with Crippen molar-refractivity contribution >= 4 is 21.6 Å². The molecule has 0 aliphatic rings. The molecule has 0 aromatic carbocycles. The molecular formula is C16H27BrN2. The Hall–Kier alpha value is -0.570. The maximum Gasteiger partial charge on any atom is 0.106 e. The van der Waals surface area contributed by atoms with Crippen LogP contribution < -0.4 is 5.32 Å². The molecule has 0 saturated heterocycles. The van der Waals surface area contributed by atoms with Gasteiger partial charge in [0.05, 0.1) is 11.4 Å². The Morgan fingerprint density at radius 1 is 1.00 bits per heavy atom. The normalized spacial score (nSPS) is 10.7. The van der Waals surface area contributed by atoms with Crippen molar-refractivity contribution in [3.05, 3.63) is 22.4 Å². The summed E-state index contributed by atoms with van der Waals surface area (Å²) in [6.45, 7) is 5.37. The van der Waals surface area contributed by atoms with Crippen LogP contribution in [0.25, 0.3) is 0 Å². The number of pyridine rings is 1. The van der Waals surface area contributed by atoms with E-state index in [-0.39, 0.29) is 0 Å². The fourth-order valence-corrected chi connectivity index (χ4v) is 2.60. The standard InChI is InChI=1S/C16H27BrN2/c1-3-4-5-6-7-8-9-10-13-18-15-11-12-16(17)19-14(15)2/h11-12,18H,3-10,13H2,1-2H3. The van der Waals surface area contributed by atoms with Crippen LogP contribution in [-0.2, 0) is 0 Å². The molecule has 0 radical (unpaired) electrons. The smallest absolute Gasteiger partial charge is 0.106 e. The number of halogens is 1. The minimum Gasteiger partial charge on any atom is -0.384 e. The van der Waals surface area contributed by atoms with E-state index >= 15 is 0 Å². The summed E-state index contributed by atoms with van der Waals surface area (Å²) in [6, 6.07) is 4.08. The number of aryl methyl sites for hydroxylation is 1. The highest BCUT2D eigenvalue weighted by atomic mass is 79.9. The van der Waals surface area contributed by atoms with E-state index in [1.54, 1.807) is 0 Å². The molecule has 3 heteroatoms. The maximum atomic E-state index is 4.38. The molecule has 1 heterocycles. The van der Waals surface area contributed by atoms with E-state index in [4.69, 9.17) is 0 Å². The van der Waals surface area contributed by atoms with Crippen LogP contribution in [0.2, 0.25) is 0 Å². The number of aromatic nitrogens is 1. The van der Waals surface area contributed by atoms with Crippen LogP contribution >= 0.6 is 15.9 Å². The van der Waals surface area contributed by atoms with E-state index in [0.717, 1.165) is 22.5 Å². The first-order chi connectivity index (χ1) is 9.24. The second-order valence-corrected chi connectivity index (χ2v) is 5.98. The highest BCUT2D eigenvalue weighted by Gasteiger charge is 1.99. The molecule has 0 amide bonds. The zero-order chi connectivity index (χ0) is 13.9. The molecule has 1 rings (SSSR count). The van der Waals surface area contributed by atoms with Crippen LogP contribution in [0.5, 0.6) is 0 Å². The Labute approximate surface area is 126 Å². The van der Waals surface area contributed by atoms with Crippen molar-refractivity contribution in [2.45, 2.75) is 65.2 Å². The fourth-order valence-electron chi connectivity index (χ4n) is 2.20. The summed E-state index contributed by atoms with van der Waals surface area (Å²) < 4.78 is 0.905. The third-order valence-corrected chi connectivity index (χ3v) is 3.84. The van der Waals surface area contributed by atoms with E-state index in [2.05, 4.69) is 39.2 Å². The topological polar surface area (TPSA) is 24.9 Å². The lowest BCUT2D eigenvalue weighted by molar-refractivity contribution is 0.581. The third kappa shape index (κ3) is 7.56. The first-order valence-electron chi connectivity index (χ1n) is 7.61. The number of rotatable bonds is 10. The van der Waals surface area contributed by atoms with Crippen LogP contribution in [0.1, 0.15) is 64.0 Å². The summed E-state index contributed by atoms with van der Waals surface area (Å²) in [7, 11) is 0. The second kappa shape index (κ2) is 10.2. The maximum absolute atomic E-state index is 4.38. The number of nitrogens with one attached hydrogen (secondary N) is 1. The predicted molar refractivity (Wildman–Crippen MR) is 87.8 cm³/mol. The van der Waals surface area contributed by atoms with Crippen molar-refractivity contribution in [2.24, 2.45) is 0 Å². The summed E-state index contributed by atoms with van der Waals surface area (Å²) in [4.78, 5) is 4.38. The van der Waals surface area contributed by atoms with Gasteiger partial charge in [-0.05, 0) is 41.4 Å². The van der Waals surface area contributed by atoms with Crippen molar-refractivity contribution in [3.63, 3.8) is 0 Å². The predicted octanol–water partition coefficient (Wildman–Crippen LogP) is 5.71. The SMILES string of the molecule is CCCCCCCCCCNc1ccc(Br)nc1C. The number of nitrogens with zero attached hydrogens (tertiary/aromatic N) is 1. The summed E-state index contributed by atoms with van der Waals surface area (Å²) in [5.74, 6) is 0. The van der Waals surface area contributed by atoms with E-state index < -0.39 is 0 Å². The zero-order valence-electron chi connectivity index (χ0n) is 12.3. The minimum absolute atomic E-state index is 0.905. The van der Waals surface area contributed by atoms with Gasteiger partial charge in [0, 0.05) is 6.54 Å². The lowest BCUT2D eigenvalue weighted by atomic mass is 10.1. The monoisotopic (exact) mass is 326 g/mol. The Kier molecular flexibility index (Phi) is 8.89. The lowest BCUT2D eigenvalue weighted by Crippen LogP contribution is -2.03. The van der Waals surface area contributed by atoms with Gasteiger partial charge in [-0.15, -0.1) is 0 Å². The van der Waals surface area contributed by atoms with Gasteiger partial charge in [0.25, 0.3) is 0 Å².